The van der Waals surface area contributed by atoms with Gasteiger partial charge >= 0.3 is 6.18 Å². The molecule has 1 fully saturated rings. The molecule has 0 atom stereocenters. The Labute approximate surface area is 176 Å². The molecule has 1 aliphatic heterocycles. The third-order valence-electron chi connectivity index (χ3n) is 4.68. The van der Waals surface area contributed by atoms with Crippen molar-refractivity contribution in [1.82, 2.24) is 9.29 Å². The van der Waals surface area contributed by atoms with Crippen LogP contribution in [0.15, 0.2) is 46.2 Å². The zero-order valence-electron chi connectivity index (χ0n) is 16.2. The summed E-state index contributed by atoms with van der Waals surface area (Å²) in [4.78, 5) is 25.8. The number of halogens is 3. The predicted molar refractivity (Wildman–Crippen MR) is 105 cm³/mol. The van der Waals surface area contributed by atoms with Crippen LogP contribution < -0.4 is 10.9 Å². The van der Waals surface area contributed by atoms with Gasteiger partial charge in [-0.25, -0.2) is 8.42 Å². The van der Waals surface area contributed by atoms with Gasteiger partial charge in [0.05, 0.1) is 23.7 Å². The topological polar surface area (TPSA) is 109 Å². The Hall–Kier alpha value is -2.70. The molecule has 0 saturated carbocycles. The third kappa shape index (κ3) is 5.71. The first-order valence-electron chi connectivity index (χ1n) is 9.34. The maximum Gasteiger partial charge on any atom is 0.417 e. The Morgan fingerprint density at radius 3 is 2.42 bits per heavy atom. The number of sulfonamides is 1. The number of anilines is 1. The Morgan fingerprint density at radius 1 is 1.16 bits per heavy atom. The number of pyridine rings is 1. The highest BCUT2D eigenvalue weighted by Crippen LogP contribution is 2.29. The van der Waals surface area contributed by atoms with E-state index in [1.54, 1.807) is 12.1 Å². The largest absolute Gasteiger partial charge is 0.417 e. The van der Waals surface area contributed by atoms with E-state index in [1.807, 2.05) is 4.98 Å². The van der Waals surface area contributed by atoms with Crippen LogP contribution in [-0.2, 0) is 32.2 Å². The van der Waals surface area contributed by atoms with Gasteiger partial charge in [-0.2, -0.15) is 17.5 Å². The number of rotatable bonds is 6. The fourth-order valence-corrected chi connectivity index (χ4v) is 4.38. The van der Waals surface area contributed by atoms with Crippen molar-refractivity contribution >= 4 is 21.6 Å². The summed E-state index contributed by atoms with van der Waals surface area (Å²) in [5.74, 6) is -0.644. The summed E-state index contributed by atoms with van der Waals surface area (Å²) in [6.45, 7) is 1.22. The monoisotopic (exact) mass is 459 g/mol. The minimum Gasteiger partial charge on any atom is -0.379 e. The number of hydrogen-bond acceptors (Lipinski definition) is 5. The number of benzene rings is 1. The normalized spacial score (nSPS) is 15.6. The lowest BCUT2D eigenvalue weighted by atomic mass is 10.1. The maximum absolute atomic E-state index is 12.8. The van der Waals surface area contributed by atoms with Gasteiger partial charge in [0.25, 0.3) is 5.56 Å². The zero-order chi connectivity index (χ0) is 22.6. The summed E-state index contributed by atoms with van der Waals surface area (Å²) in [6.07, 6.45) is -4.02. The first-order valence-corrected chi connectivity index (χ1v) is 10.8. The van der Waals surface area contributed by atoms with Crippen LogP contribution in [-0.4, -0.2) is 49.9 Å². The lowest BCUT2D eigenvalue weighted by Crippen LogP contribution is -2.40. The average molecular weight is 459 g/mol. The van der Waals surface area contributed by atoms with E-state index in [4.69, 9.17) is 4.74 Å². The Morgan fingerprint density at radius 2 is 1.81 bits per heavy atom. The van der Waals surface area contributed by atoms with Gasteiger partial charge in [-0.3, -0.25) is 9.59 Å². The van der Waals surface area contributed by atoms with E-state index in [1.165, 1.54) is 16.4 Å². The number of nitrogens with one attached hydrogen (secondary N) is 2. The molecule has 8 nitrogen and oxygen atoms in total. The number of nitrogens with zero attached hydrogens (tertiary/aromatic N) is 1. The number of aromatic amines is 1. The number of H-pyrrole nitrogens is 1. The number of hydrogen-bond donors (Lipinski definition) is 2. The van der Waals surface area contributed by atoms with E-state index >= 15 is 0 Å². The smallest absolute Gasteiger partial charge is 0.379 e. The highest BCUT2D eigenvalue weighted by molar-refractivity contribution is 7.89. The van der Waals surface area contributed by atoms with Crippen molar-refractivity contribution in [2.75, 3.05) is 31.6 Å². The van der Waals surface area contributed by atoms with Crippen LogP contribution in [0, 0.1) is 0 Å². The molecular weight excluding hydrogens is 439 g/mol. The van der Waals surface area contributed by atoms with Crippen molar-refractivity contribution in [1.29, 1.82) is 0 Å². The number of aromatic nitrogens is 1. The number of carbonyl (C=O) groups excluding carboxylic acids is 1. The molecule has 1 amide bonds. The summed E-state index contributed by atoms with van der Waals surface area (Å²) < 4.78 is 69.9. The van der Waals surface area contributed by atoms with E-state index in [0.29, 0.717) is 31.0 Å². The molecule has 1 aromatic heterocycles. The number of ether oxygens (including phenoxy) is 1. The van der Waals surface area contributed by atoms with Gasteiger partial charge in [-0.1, -0.05) is 12.1 Å². The zero-order valence-corrected chi connectivity index (χ0v) is 17.1. The summed E-state index contributed by atoms with van der Waals surface area (Å²) in [7, 11) is -3.63. The van der Waals surface area contributed by atoms with Crippen LogP contribution in [0.3, 0.4) is 0 Å². The molecule has 1 aliphatic rings. The van der Waals surface area contributed by atoms with Crippen molar-refractivity contribution < 1.29 is 31.1 Å². The Balaban J connectivity index is 1.60. The fourth-order valence-electron chi connectivity index (χ4n) is 2.97. The number of amides is 1. The number of aryl methyl sites for hydroxylation is 1. The minimum atomic E-state index is -4.66. The highest BCUT2D eigenvalue weighted by Gasteiger charge is 2.31. The van der Waals surface area contributed by atoms with Gasteiger partial charge in [0, 0.05) is 25.7 Å². The summed E-state index contributed by atoms with van der Waals surface area (Å²) in [5.41, 5.74) is -1.76. The molecule has 1 saturated heterocycles. The lowest BCUT2D eigenvalue weighted by molar-refractivity contribution is -0.137. The second-order valence-electron chi connectivity index (χ2n) is 6.84. The van der Waals surface area contributed by atoms with E-state index in [9.17, 15) is 31.2 Å². The number of alkyl halides is 3. The van der Waals surface area contributed by atoms with Crippen LogP contribution in [0.2, 0.25) is 0 Å². The van der Waals surface area contributed by atoms with Crippen molar-refractivity contribution in [3.8, 4) is 0 Å². The van der Waals surface area contributed by atoms with Crippen LogP contribution >= 0.6 is 0 Å². The van der Waals surface area contributed by atoms with E-state index in [2.05, 4.69) is 5.32 Å². The third-order valence-corrected chi connectivity index (χ3v) is 6.59. The SMILES string of the molecule is O=C(CCc1ccc(S(=O)(=O)N2CCOCC2)cc1)Nc1cc(C(F)(F)F)c[nH]c1=O. The molecule has 31 heavy (non-hydrogen) atoms. The van der Waals surface area contributed by atoms with Gasteiger partial charge in [-0.15, -0.1) is 0 Å². The standard InChI is InChI=1S/C19H20F3N3O5S/c20-19(21,22)14-11-16(18(27)23-12-14)24-17(26)6-3-13-1-4-15(5-2-13)31(28,29)25-7-9-30-10-8-25/h1-2,4-5,11-12H,3,6-10H2,(H,23,27)(H,24,26). The molecule has 0 spiro atoms. The Kier molecular flexibility index (Phi) is 6.82. The molecule has 2 heterocycles. The maximum atomic E-state index is 12.8. The number of morpholine rings is 1. The van der Waals surface area contributed by atoms with Crippen molar-refractivity contribution in [2.24, 2.45) is 0 Å². The highest BCUT2D eigenvalue weighted by atomic mass is 32.2. The fraction of sp³-hybridized carbons (Fsp3) is 0.368. The molecule has 0 aliphatic carbocycles. The van der Waals surface area contributed by atoms with E-state index in [0.717, 1.165) is 0 Å². The number of carbonyl (C=O) groups is 1. The van der Waals surface area contributed by atoms with Crippen LogP contribution in [0.5, 0.6) is 0 Å². The van der Waals surface area contributed by atoms with Crippen molar-refractivity contribution in [2.45, 2.75) is 23.9 Å². The molecule has 0 unspecified atom stereocenters. The second kappa shape index (κ2) is 9.20. The van der Waals surface area contributed by atoms with Gasteiger partial charge < -0.3 is 15.0 Å². The first-order chi connectivity index (χ1) is 14.6. The molecule has 2 N–H and O–H groups in total. The van der Waals surface area contributed by atoms with Crippen LogP contribution in [0.4, 0.5) is 18.9 Å². The first kappa shape index (κ1) is 23.0. The van der Waals surface area contributed by atoms with Crippen molar-refractivity contribution in [3.05, 3.63) is 58.0 Å². The Bertz CT molecular complexity index is 1090. The van der Waals surface area contributed by atoms with Gasteiger partial charge in [0.1, 0.15) is 5.69 Å². The lowest BCUT2D eigenvalue weighted by Gasteiger charge is -2.26. The molecule has 0 bridgehead atoms. The average Bonchev–Trinajstić information content (AvgIpc) is 2.74. The van der Waals surface area contributed by atoms with Gasteiger partial charge in [0.15, 0.2) is 0 Å². The van der Waals surface area contributed by atoms with Gasteiger partial charge in [0.2, 0.25) is 15.9 Å². The molecule has 2 aromatic rings. The summed E-state index contributed by atoms with van der Waals surface area (Å²) in [5, 5.41) is 2.17. The molecule has 12 heteroatoms. The molecule has 168 valence electrons. The van der Waals surface area contributed by atoms with Crippen LogP contribution in [0.25, 0.3) is 0 Å². The molecular formula is C19H20F3N3O5S. The summed E-state index contributed by atoms with van der Waals surface area (Å²) in [6, 6.07) is 6.59. The van der Waals surface area contributed by atoms with Crippen LogP contribution in [0.1, 0.15) is 17.5 Å². The van der Waals surface area contributed by atoms with Gasteiger partial charge in [-0.05, 0) is 30.2 Å². The second-order valence-corrected chi connectivity index (χ2v) is 8.78. The van der Waals surface area contributed by atoms with E-state index in [-0.39, 0.29) is 30.8 Å². The predicted octanol–water partition coefficient (Wildman–Crippen LogP) is 1.99. The van der Waals surface area contributed by atoms with Crippen molar-refractivity contribution in [3.63, 3.8) is 0 Å². The summed E-state index contributed by atoms with van der Waals surface area (Å²) >= 11 is 0. The quantitative estimate of drug-likeness (QED) is 0.687. The molecule has 0 radical (unpaired) electrons. The minimum absolute atomic E-state index is 0.106. The van der Waals surface area contributed by atoms with E-state index < -0.39 is 38.9 Å². The molecule has 3 rings (SSSR count). The molecule has 1 aromatic carbocycles.